The summed E-state index contributed by atoms with van der Waals surface area (Å²) in [6.45, 7) is 8.83. The van der Waals surface area contributed by atoms with Gasteiger partial charge < -0.3 is 10.1 Å². The van der Waals surface area contributed by atoms with E-state index in [0.717, 1.165) is 0 Å². The van der Waals surface area contributed by atoms with Gasteiger partial charge in [-0.15, -0.1) is 0 Å². The molecule has 1 amide bonds. The molecule has 6 nitrogen and oxygen atoms in total. The average Bonchev–Trinajstić information content (AvgIpc) is 2.33. The Balaban J connectivity index is 2.80. The number of hydrogen-bond donors (Lipinski definition) is 2. The van der Waals surface area contributed by atoms with E-state index in [0.29, 0.717) is 0 Å². The van der Waals surface area contributed by atoms with E-state index in [9.17, 15) is 13.2 Å². The fraction of sp³-hybridized carbons (Fsp3) is 0.533. The normalized spacial score (nSPS) is 12.3. The molecule has 0 fully saturated rings. The van der Waals surface area contributed by atoms with Crippen molar-refractivity contribution in [2.75, 3.05) is 6.61 Å². The molecule has 0 saturated carbocycles. The number of halogens is 1. The van der Waals surface area contributed by atoms with Crippen LogP contribution in [0.15, 0.2) is 23.1 Å². The summed E-state index contributed by atoms with van der Waals surface area (Å²) in [6.07, 6.45) is 0. The van der Waals surface area contributed by atoms with Crippen molar-refractivity contribution < 1.29 is 17.9 Å². The Hall–Kier alpha value is -1.31. The number of rotatable bonds is 6. The Morgan fingerprint density at radius 3 is 2.39 bits per heavy atom. The first-order valence-electron chi connectivity index (χ1n) is 7.16. The van der Waals surface area contributed by atoms with Crippen molar-refractivity contribution in [3.8, 4) is 5.75 Å². The van der Waals surface area contributed by atoms with Crippen molar-refractivity contribution in [1.29, 1.82) is 0 Å². The molecule has 0 aliphatic heterocycles. The van der Waals surface area contributed by atoms with Crippen LogP contribution in [0.4, 0.5) is 0 Å². The van der Waals surface area contributed by atoms with Crippen LogP contribution in [0.5, 0.6) is 5.75 Å². The zero-order valence-electron chi connectivity index (χ0n) is 13.9. The molecule has 0 saturated heterocycles. The first kappa shape index (κ1) is 19.7. The number of sulfonamides is 1. The molecule has 0 spiro atoms. The Labute approximate surface area is 142 Å². The summed E-state index contributed by atoms with van der Waals surface area (Å²) in [4.78, 5) is 11.7. The first-order chi connectivity index (χ1) is 10.4. The fourth-order valence-corrected chi connectivity index (χ4v) is 3.32. The molecule has 0 aliphatic rings. The molecular weight excluding hydrogens is 340 g/mol. The number of carbonyl (C=O) groups is 1. The van der Waals surface area contributed by atoms with Crippen LogP contribution in [-0.4, -0.2) is 32.5 Å². The molecule has 0 heterocycles. The Morgan fingerprint density at radius 2 is 1.91 bits per heavy atom. The molecule has 23 heavy (non-hydrogen) atoms. The topological polar surface area (TPSA) is 84.5 Å². The van der Waals surface area contributed by atoms with Gasteiger partial charge in [0.15, 0.2) is 6.61 Å². The SMILES string of the molecule is CC(C)NS(=O)(=O)c1ccc(OCC(=O)NC(C)(C)C)c(Cl)c1. The Morgan fingerprint density at radius 1 is 1.30 bits per heavy atom. The van der Waals surface area contributed by atoms with E-state index in [-0.39, 0.29) is 39.8 Å². The summed E-state index contributed by atoms with van der Waals surface area (Å²) in [5.74, 6) is -0.0361. The minimum Gasteiger partial charge on any atom is -0.482 e. The molecule has 1 rings (SSSR count). The van der Waals surface area contributed by atoms with Crippen LogP contribution in [0.25, 0.3) is 0 Å². The smallest absolute Gasteiger partial charge is 0.258 e. The highest BCUT2D eigenvalue weighted by atomic mass is 35.5. The van der Waals surface area contributed by atoms with Gasteiger partial charge in [0.05, 0.1) is 9.92 Å². The zero-order chi connectivity index (χ0) is 17.8. The van der Waals surface area contributed by atoms with Crippen LogP contribution in [-0.2, 0) is 14.8 Å². The van der Waals surface area contributed by atoms with E-state index in [2.05, 4.69) is 10.0 Å². The lowest BCUT2D eigenvalue weighted by molar-refractivity contribution is -0.124. The largest absolute Gasteiger partial charge is 0.482 e. The van der Waals surface area contributed by atoms with Crippen molar-refractivity contribution in [2.45, 2.75) is 51.1 Å². The molecule has 130 valence electrons. The van der Waals surface area contributed by atoms with Crippen LogP contribution in [0.2, 0.25) is 5.02 Å². The van der Waals surface area contributed by atoms with Gasteiger partial charge in [0.2, 0.25) is 10.0 Å². The molecule has 1 aromatic rings. The van der Waals surface area contributed by atoms with Gasteiger partial charge in [-0.05, 0) is 52.8 Å². The summed E-state index contributed by atoms with van der Waals surface area (Å²) in [5, 5.41) is 2.88. The Kier molecular flexibility index (Phi) is 6.44. The summed E-state index contributed by atoms with van der Waals surface area (Å²) in [6, 6.07) is 3.88. The monoisotopic (exact) mass is 362 g/mol. The van der Waals surface area contributed by atoms with Crippen LogP contribution in [0.1, 0.15) is 34.6 Å². The van der Waals surface area contributed by atoms with E-state index in [1.165, 1.54) is 18.2 Å². The molecule has 0 atom stereocenters. The molecule has 2 N–H and O–H groups in total. The second-order valence-corrected chi connectivity index (χ2v) is 8.58. The number of carbonyl (C=O) groups excluding carboxylic acids is 1. The minimum atomic E-state index is -3.62. The average molecular weight is 363 g/mol. The molecule has 0 radical (unpaired) electrons. The maximum Gasteiger partial charge on any atom is 0.258 e. The van der Waals surface area contributed by atoms with Gasteiger partial charge in [-0.25, -0.2) is 13.1 Å². The lowest BCUT2D eigenvalue weighted by atomic mass is 10.1. The first-order valence-corrected chi connectivity index (χ1v) is 9.02. The molecule has 8 heteroatoms. The number of ether oxygens (including phenoxy) is 1. The highest BCUT2D eigenvalue weighted by Crippen LogP contribution is 2.27. The van der Waals surface area contributed by atoms with Crippen molar-refractivity contribution in [3.63, 3.8) is 0 Å². The third-order valence-corrected chi connectivity index (χ3v) is 4.43. The molecular formula is C15H23ClN2O4S. The molecule has 0 bridgehead atoms. The zero-order valence-corrected chi connectivity index (χ0v) is 15.5. The Bertz CT molecular complexity index is 667. The second-order valence-electron chi connectivity index (χ2n) is 6.46. The lowest BCUT2D eigenvalue weighted by Gasteiger charge is -2.20. The van der Waals surface area contributed by atoms with Crippen LogP contribution in [0, 0.1) is 0 Å². The van der Waals surface area contributed by atoms with Gasteiger partial charge in [-0.3, -0.25) is 4.79 Å². The summed E-state index contributed by atoms with van der Waals surface area (Å²) < 4.78 is 31.9. The van der Waals surface area contributed by atoms with Gasteiger partial charge in [0, 0.05) is 11.6 Å². The molecule has 0 aromatic heterocycles. The second kappa shape index (κ2) is 7.51. The number of benzene rings is 1. The summed E-state index contributed by atoms with van der Waals surface area (Å²) >= 11 is 6.04. The van der Waals surface area contributed by atoms with Crippen molar-refractivity contribution in [2.24, 2.45) is 0 Å². The van der Waals surface area contributed by atoms with Crippen LogP contribution >= 0.6 is 11.6 Å². The van der Waals surface area contributed by atoms with Crippen molar-refractivity contribution in [3.05, 3.63) is 23.2 Å². The number of amides is 1. The number of nitrogens with one attached hydrogen (secondary N) is 2. The lowest BCUT2D eigenvalue weighted by Crippen LogP contribution is -2.43. The van der Waals surface area contributed by atoms with Crippen molar-refractivity contribution >= 4 is 27.5 Å². The van der Waals surface area contributed by atoms with E-state index in [4.69, 9.17) is 16.3 Å². The third kappa shape index (κ3) is 6.76. The third-order valence-electron chi connectivity index (χ3n) is 2.48. The van der Waals surface area contributed by atoms with Gasteiger partial charge >= 0.3 is 0 Å². The molecule has 0 unspecified atom stereocenters. The van der Waals surface area contributed by atoms with E-state index < -0.39 is 10.0 Å². The van der Waals surface area contributed by atoms with E-state index in [1.807, 2.05) is 20.8 Å². The van der Waals surface area contributed by atoms with E-state index >= 15 is 0 Å². The van der Waals surface area contributed by atoms with Gasteiger partial charge in [-0.1, -0.05) is 11.6 Å². The van der Waals surface area contributed by atoms with Gasteiger partial charge in [-0.2, -0.15) is 0 Å². The maximum absolute atomic E-state index is 12.1. The van der Waals surface area contributed by atoms with Crippen molar-refractivity contribution in [1.82, 2.24) is 10.0 Å². The highest BCUT2D eigenvalue weighted by Gasteiger charge is 2.18. The van der Waals surface area contributed by atoms with Crippen LogP contribution in [0.3, 0.4) is 0 Å². The number of hydrogen-bond acceptors (Lipinski definition) is 4. The summed E-state index contributed by atoms with van der Waals surface area (Å²) in [7, 11) is -3.62. The molecule has 1 aromatic carbocycles. The summed E-state index contributed by atoms with van der Waals surface area (Å²) in [5.41, 5.74) is -0.356. The van der Waals surface area contributed by atoms with Crippen LogP contribution < -0.4 is 14.8 Å². The predicted molar refractivity (Wildman–Crippen MR) is 90.3 cm³/mol. The fourth-order valence-electron chi connectivity index (χ4n) is 1.74. The van der Waals surface area contributed by atoms with Gasteiger partial charge in [0.25, 0.3) is 5.91 Å². The van der Waals surface area contributed by atoms with Gasteiger partial charge in [0.1, 0.15) is 5.75 Å². The highest BCUT2D eigenvalue weighted by molar-refractivity contribution is 7.89. The predicted octanol–water partition coefficient (Wildman–Crippen LogP) is 2.32. The minimum absolute atomic E-state index is 0.0442. The molecule has 0 aliphatic carbocycles. The van der Waals surface area contributed by atoms with E-state index in [1.54, 1.807) is 13.8 Å². The quantitative estimate of drug-likeness (QED) is 0.813. The standard InChI is InChI=1S/C15H23ClN2O4S/c1-10(2)18-23(20,21)11-6-7-13(12(16)8-11)22-9-14(19)17-15(3,4)5/h6-8,10,18H,9H2,1-5H3,(H,17,19). The maximum atomic E-state index is 12.1.